The van der Waals surface area contributed by atoms with Gasteiger partial charge in [0.25, 0.3) is 5.91 Å². The summed E-state index contributed by atoms with van der Waals surface area (Å²) in [5.41, 5.74) is 1.81. The molecule has 3 aromatic rings. The number of anilines is 1. The molecule has 0 aliphatic carbocycles. The number of hydrogen-bond acceptors (Lipinski definition) is 9. The van der Waals surface area contributed by atoms with Crippen molar-refractivity contribution >= 4 is 47.3 Å². The van der Waals surface area contributed by atoms with Gasteiger partial charge < -0.3 is 24.8 Å². The van der Waals surface area contributed by atoms with Crippen molar-refractivity contribution in [3.05, 3.63) is 69.6 Å². The van der Waals surface area contributed by atoms with Crippen LogP contribution in [0.5, 0.6) is 5.75 Å². The van der Waals surface area contributed by atoms with Crippen LogP contribution >= 0.6 is 11.6 Å². The second-order valence-corrected chi connectivity index (χ2v) is 13.0. The maximum Gasteiger partial charge on any atom is 0.410 e. The lowest BCUT2D eigenvalue weighted by Gasteiger charge is -2.35. The van der Waals surface area contributed by atoms with E-state index in [0.717, 1.165) is 0 Å². The summed E-state index contributed by atoms with van der Waals surface area (Å²) >= 11 is 6.07. The summed E-state index contributed by atoms with van der Waals surface area (Å²) in [4.78, 5) is 47.2. The van der Waals surface area contributed by atoms with E-state index >= 15 is 0 Å². The smallest absolute Gasteiger partial charge is 0.410 e. The zero-order valence-corrected chi connectivity index (χ0v) is 28.9. The van der Waals surface area contributed by atoms with E-state index in [0.29, 0.717) is 67.2 Å². The predicted molar refractivity (Wildman–Crippen MR) is 182 cm³/mol. The number of nitrogens with zero attached hydrogens (tertiary/aromatic N) is 6. The van der Waals surface area contributed by atoms with Crippen LogP contribution in [0.4, 0.5) is 29.7 Å². The zero-order chi connectivity index (χ0) is 37.0. The van der Waals surface area contributed by atoms with Crippen LogP contribution in [0, 0.1) is 23.0 Å². The summed E-state index contributed by atoms with van der Waals surface area (Å²) in [6.07, 6.45) is 0.857. The molecule has 4 heterocycles. The van der Waals surface area contributed by atoms with Crippen LogP contribution in [-0.4, -0.2) is 88.5 Å². The summed E-state index contributed by atoms with van der Waals surface area (Å²) in [6.45, 7) is 10.6. The fourth-order valence-electron chi connectivity index (χ4n) is 5.34. The number of amides is 3. The van der Waals surface area contributed by atoms with Crippen LogP contribution in [0.25, 0.3) is 17.5 Å². The summed E-state index contributed by atoms with van der Waals surface area (Å²) in [7, 11) is 0. The van der Waals surface area contributed by atoms with Gasteiger partial charge in [-0.05, 0) is 58.0 Å². The maximum atomic E-state index is 14.4. The Morgan fingerprint density at radius 2 is 1.84 bits per heavy atom. The van der Waals surface area contributed by atoms with Gasteiger partial charge in [-0.25, -0.2) is 24.0 Å². The third kappa shape index (κ3) is 8.44. The number of ether oxygens (including phenoxy) is 2. The summed E-state index contributed by atoms with van der Waals surface area (Å²) in [5, 5.41) is 23.2. The van der Waals surface area contributed by atoms with Crippen LogP contribution < -0.4 is 26.2 Å². The number of hydrogen-bond donors (Lipinski definition) is 3. The van der Waals surface area contributed by atoms with E-state index in [1.807, 2.05) is 20.8 Å². The van der Waals surface area contributed by atoms with Gasteiger partial charge in [-0.2, -0.15) is 9.65 Å². The Morgan fingerprint density at radius 3 is 2.47 bits per heavy atom. The minimum absolute atomic E-state index is 0.0833. The van der Waals surface area contributed by atoms with Gasteiger partial charge in [0, 0.05) is 62.9 Å². The van der Waals surface area contributed by atoms with E-state index < -0.39 is 29.4 Å². The molecule has 0 spiro atoms. The monoisotopic (exact) mass is 724 g/mol. The quantitative estimate of drug-likeness (QED) is 0.233. The Balaban J connectivity index is 0.000000204. The topological polar surface area (TPSA) is 174 Å². The fourth-order valence-corrected chi connectivity index (χ4v) is 5.61. The molecule has 0 saturated carbocycles. The molecule has 6 rings (SSSR count). The van der Waals surface area contributed by atoms with Crippen molar-refractivity contribution in [3.63, 3.8) is 0 Å². The third-order valence-corrected chi connectivity index (χ3v) is 8.07. The van der Waals surface area contributed by atoms with E-state index in [1.54, 1.807) is 27.9 Å². The lowest BCUT2D eigenvalue weighted by atomic mass is 10.1. The number of rotatable bonds is 8. The molecule has 0 radical (unpaired) electrons. The summed E-state index contributed by atoms with van der Waals surface area (Å²) in [6, 6.07) is 8.87. The van der Waals surface area contributed by atoms with Crippen molar-refractivity contribution in [1.82, 2.24) is 19.7 Å². The van der Waals surface area contributed by atoms with Gasteiger partial charge in [0.05, 0.1) is 16.3 Å². The molecule has 51 heavy (non-hydrogen) atoms. The van der Waals surface area contributed by atoms with Gasteiger partial charge in [-0.1, -0.05) is 11.6 Å². The second kappa shape index (κ2) is 15.2. The number of piperazine rings is 1. The normalized spacial score (nSPS) is 14.7. The van der Waals surface area contributed by atoms with Crippen LogP contribution in [0.1, 0.15) is 38.1 Å². The van der Waals surface area contributed by atoms with Crippen molar-refractivity contribution in [3.8, 4) is 23.1 Å². The second-order valence-electron chi connectivity index (χ2n) is 12.6. The largest absolute Gasteiger partial charge is 0.473 e. The van der Waals surface area contributed by atoms with Gasteiger partial charge in [0.15, 0.2) is 23.2 Å². The average molecular weight is 725 g/mol. The fraction of sp³-hybridized carbons (Fsp3) is 0.353. The van der Waals surface area contributed by atoms with Crippen molar-refractivity contribution < 1.29 is 37.7 Å². The molecule has 17 heteroatoms. The van der Waals surface area contributed by atoms with Gasteiger partial charge >= 0.3 is 12.2 Å². The van der Waals surface area contributed by atoms with Crippen molar-refractivity contribution in [2.45, 2.75) is 39.4 Å². The Morgan fingerprint density at radius 1 is 1.12 bits per heavy atom. The van der Waals surface area contributed by atoms with E-state index in [4.69, 9.17) is 31.4 Å². The Labute approximate surface area is 296 Å². The predicted octanol–water partition coefficient (Wildman–Crippen LogP) is 4.76. The van der Waals surface area contributed by atoms with Crippen LogP contribution in [0.2, 0.25) is 5.02 Å². The number of nitriles is 1. The highest BCUT2D eigenvalue weighted by Gasteiger charge is 2.29. The van der Waals surface area contributed by atoms with Gasteiger partial charge in [-0.3, -0.25) is 19.6 Å². The molecule has 3 aliphatic heterocycles. The highest BCUT2D eigenvalue weighted by Crippen LogP contribution is 2.36. The number of aromatic nitrogens is 1. The number of nitrogens with one attached hydrogen (secondary N) is 2. The Hall–Kier alpha value is -5.53. The molecule has 4 bridgehead atoms. The first-order valence-corrected chi connectivity index (χ1v) is 16.2. The van der Waals surface area contributed by atoms with E-state index in [9.17, 15) is 23.2 Å². The standard InChI is InChI=1S/C19H27ClN4O5.C15H8F2N4O/c1-19(2,3)29-18(28)24-10-8-23(9-11-24)7-6-21-16(25)14-5-4-13(12-15(14)20)22-17(26)27;1-7(6-18)22-9-3-2-8(10(16)11(9)17)14-12-13-15(20-12)21(14)5-4-19-13/h4-5,12,22H,6-11H2,1-3H3,(H,21,25)(H,26,27);2-5,7H,1H3. The Kier molecular flexibility index (Phi) is 10.9. The molecule has 268 valence electrons. The lowest BCUT2D eigenvalue weighted by Crippen LogP contribution is -2.51. The first-order chi connectivity index (χ1) is 24.2. The molecular formula is C34H35ClF2N8O6. The molecule has 1 atom stereocenters. The van der Waals surface area contributed by atoms with E-state index in [-0.39, 0.29) is 33.9 Å². The molecule has 3 amide bonds. The van der Waals surface area contributed by atoms with E-state index in [1.165, 1.54) is 37.3 Å². The highest BCUT2D eigenvalue weighted by molar-refractivity contribution is 6.34. The molecule has 2 aromatic carbocycles. The third-order valence-electron chi connectivity index (χ3n) is 7.76. The molecule has 1 unspecified atom stereocenters. The van der Waals surface area contributed by atoms with Crippen molar-refractivity contribution in [2.75, 3.05) is 44.6 Å². The number of halogens is 3. The molecule has 3 aliphatic rings. The van der Waals surface area contributed by atoms with Crippen molar-refractivity contribution in [2.24, 2.45) is 9.98 Å². The molecular weight excluding hydrogens is 690 g/mol. The molecule has 3 N–H and O–H groups in total. The van der Waals surface area contributed by atoms with Crippen LogP contribution in [-0.2, 0) is 4.74 Å². The number of benzene rings is 2. The SMILES string of the molecule is CC(C#N)Oc1ccc(-c2c3c4c(n2C=CN=4)=N3)c(F)c1F.CC(C)(C)OC(=O)N1CCN(CCNC(=O)c2ccc(NC(=O)O)cc2Cl)CC1. The molecule has 14 nitrogen and oxygen atoms in total. The first kappa shape index (κ1) is 36.7. The summed E-state index contributed by atoms with van der Waals surface area (Å²) in [5.74, 6) is -2.78. The highest BCUT2D eigenvalue weighted by atomic mass is 35.5. The van der Waals surface area contributed by atoms with Gasteiger partial charge in [0.2, 0.25) is 5.82 Å². The minimum Gasteiger partial charge on any atom is -0.473 e. The minimum atomic E-state index is -1.20. The van der Waals surface area contributed by atoms with Crippen LogP contribution in [0.3, 0.4) is 0 Å². The average Bonchev–Trinajstić information content (AvgIpc) is 3.52. The van der Waals surface area contributed by atoms with Crippen LogP contribution in [0.15, 0.2) is 46.5 Å². The maximum absolute atomic E-state index is 14.4. The first-order valence-electron chi connectivity index (χ1n) is 15.9. The number of carbonyl (C=O) groups is 3. The van der Waals surface area contributed by atoms with Gasteiger partial charge in [-0.15, -0.1) is 0 Å². The number of carbonyl (C=O) groups excluding carboxylic acids is 2. The van der Waals surface area contributed by atoms with E-state index in [2.05, 4.69) is 25.5 Å². The zero-order valence-electron chi connectivity index (χ0n) is 28.2. The molecule has 1 fully saturated rings. The summed E-state index contributed by atoms with van der Waals surface area (Å²) < 4.78 is 40.7. The lowest BCUT2D eigenvalue weighted by molar-refractivity contribution is 0.0147. The molecule has 1 aromatic heterocycles. The van der Waals surface area contributed by atoms with Gasteiger partial charge in [0.1, 0.15) is 22.7 Å². The van der Waals surface area contributed by atoms with Crippen molar-refractivity contribution in [1.29, 1.82) is 5.26 Å². The molecule has 1 saturated heterocycles. The Bertz CT molecular complexity index is 2070. The number of carboxylic acid groups (broad SMARTS) is 1.